The summed E-state index contributed by atoms with van der Waals surface area (Å²) in [4.78, 5) is 40.9. The number of piperidine rings is 1. The molecular formula is C26H33N3O5. The molecule has 4 atom stereocenters. The van der Waals surface area contributed by atoms with E-state index in [-0.39, 0.29) is 30.2 Å². The van der Waals surface area contributed by atoms with Crippen LogP contribution in [0.5, 0.6) is 5.75 Å². The number of ether oxygens (including phenoxy) is 2. The van der Waals surface area contributed by atoms with Crippen molar-refractivity contribution in [2.24, 2.45) is 11.8 Å². The molecule has 3 amide bonds. The zero-order chi connectivity index (χ0) is 23.2. The van der Waals surface area contributed by atoms with E-state index in [1.54, 1.807) is 4.90 Å². The SMILES string of the molecule is O=C1CCC(N2Cc3cc(O[C@H]4CCCC[C@H]4N4CC(C5CCOC5)C4)ccc3C2=O)C(=O)N1. The topological polar surface area (TPSA) is 88.2 Å². The number of benzene rings is 1. The minimum Gasteiger partial charge on any atom is -0.489 e. The molecule has 34 heavy (non-hydrogen) atoms. The Bertz CT molecular complexity index is 985. The van der Waals surface area contributed by atoms with Gasteiger partial charge in [-0.3, -0.25) is 24.6 Å². The molecule has 8 heteroatoms. The summed E-state index contributed by atoms with van der Waals surface area (Å²) in [5.41, 5.74) is 1.52. The van der Waals surface area contributed by atoms with Crippen molar-refractivity contribution in [2.75, 3.05) is 26.3 Å². The first-order valence-electron chi connectivity index (χ1n) is 12.8. The van der Waals surface area contributed by atoms with Crippen molar-refractivity contribution in [1.82, 2.24) is 15.1 Å². The average Bonchev–Trinajstić information content (AvgIpc) is 3.42. The minimum absolute atomic E-state index is 0.144. The van der Waals surface area contributed by atoms with Gasteiger partial charge in [-0.25, -0.2) is 0 Å². The number of rotatable bonds is 5. The van der Waals surface area contributed by atoms with E-state index in [4.69, 9.17) is 9.47 Å². The zero-order valence-electron chi connectivity index (χ0n) is 19.5. The smallest absolute Gasteiger partial charge is 0.255 e. The van der Waals surface area contributed by atoms with Crippen molar-refractivity contribution >= 4 is 17.7 Å². The predicted octanol–water partition coefficient (Wildman–Crippen LogP) is 2.11. The van der Waals surface area contributed by atoms with Gasteiger partial charge in [-0.2, -0.15) is 0 Å². The summed E-state index contributed by atoms with van der Waals surface area (Å²) in [6.45, 7) is 4.52. The highest BCUT2D eigenvalue weighted by Gasteiger charge is 2.43. The van der Waals surface area contributed by atoms with Crippen LogP contribution in [-0.4, -0.2) is 72.0 Å². The van der Waals surface area contributed by atoms with Gasteiger partial charge in [0, 0.05) is 50.9 Å². The lowest BCUT2D eigenvalue weighted by atomic mass is 9.81. The molecule has 0 spiro atoms. The summed E-state index contributed by atoms with van der Waals surface area (Å²) >= 11 is 0. The summed E-state index contributed by atoms with van der Waals surface area (Å²) in [5.74, 6) is 1.49. The quantitative estimate of drug-likeness (QED) is 0.668. The Morgan fingerprint density at radius 1 is 1.00 bits per heavy atom. The van der Waals surface area contributed by atoms with Gasteiger partial charge in [0.2, 0.25) is 11.8 Å². The molecule has 0 aromatic heterocycles. The van der Waals surface area contributed by atoms with E-state index in [0.717, 1.165) is 55.9 Å². The Morgan fingerprint density at radius 3 is 2.65 bits per heavy atom. The number of carbonyl (C=O) groups excluding carboxylic acids is 3. The lowest BCUT2D eigenvalue weighted by molar-refractivity contribution is -0.136. The van der Waals surface area contributed by atoms with E-state index >= 15 is 0 Å². The maximum absolute atomic E-state index is 13.0. The number of likely N-dealkylation sites (tertiary alicyclic amines) is 1. The minimum atomic E-state index is -0.589. The largest absolute Gasteiger partial charge is 0.489 e. The summed E-state index contributed by atoms with van der Waals surface area (Å²) in [5, 5.41) is 2.36. The van der Waals surface area contributed by atoms with Crippen LogP contribution in [0.1, 0.15) is 60.9 Å². The predicted molar refractivity (Wildman–Crippen MR) is 123 cm³/mol. The van der Waals surface area contributed by atoms with Crippen LogP contribution in [-0.2, 0) is 20.9 Å². The van der Waals surface area contributed by atoms with Crippen LogP contribution in [0.15, 0.2) is 18.2 Å². The molecule has 4 aliphatic heterocycles. The maximum atomic E-state index is 13.0. The molecular weight excluding hydrogens is 434 g/mol. The van der Waals surface area contributed by atoms with Gasteiger partial charge >= 0.3 is 0 Å². The highest BCUT2D eigenvalue weighted by atomic mass is 16.5. The van der Waals surface area contributed by atoms with Gasteiger partial charge in [-0.15, -0.1) is 0 Å². The molecule has 1 aromatic carbocycles. The lowest BCUT2D eigenvalue weighted by Gasteiger charge is -2.50. The van der Waals surface area contributed by atoms with Gasteiger partial charge in [0.15, 0.2) is 0 Å². The Hall–Kier alpha value is -2.45. The molecule has 3 saturated heterocycles. The number of hydrogen-bond donors (Lipinski definition) is 1. The summed E-state index contributed by atoms with van der Waals surface area (Å²) in [6.07, 6.45) is 6.66. The fraction of sp³-hybridized carbons (Fsp3) is 0.654. The van der Waals surface area contributed by atoms with E-state index in [9.17, 15) is 14.4 Å². The normalized spacial score (nSPS) is 32.5. The van der Waals surface area contributed by atoms with Crippen molar-refractivity contribution in [2.45, 2.75) is 69.7 Å². The van der Waals surface area contributed by atoms with Crippen molar-refractivity contribution in [3.05, 3.63) is 29.3 Å². The highest BCUT2D eigenvalue weighted by molar-refractivity contribution is 6.05. The molecule has 6 rings (SSSR count). The van der Waals surface area contributed by atoms with Crippen molar-refractivity contribution in [3.63, 3.8) is 0 Å². The molecule has 4 heterocycles. The number of carbonyl (C=O) groups is 3. The van der Waals surface area contributed by atoms with E-state index in [1.165, 1.54) is 25.7 Å². The summed E-state index contributed by atoms with van der Waals surface area (Å²) < 4.78 is 12.1. The van der Waals surface area contributed by atoms with E-state index in [0.29, 0.717) is 24.6 Å². The first-order chi connectivity index (χ1) is 16.6. The monoisotopic (exact) mass is 467 g/mol. The van der Waals surface area contributed by atoms with Crippen LogP contribution in [0.4, 0.5) is 0 Å². The third-order valence-electron chi connectivity index (χ3n) is 8.49. The zero-order valence-corrected chi connectivity index (χ0v) is 19.5. The van der Waals surface area contributed by atoms with Gasteiger partial charge < -0.3 is 14.4 Å². The van der Waals surface area contributed by atoms with Gasteiger partial charge in [0.1, 0.15) is 17.9 Å². The molecule has 1 aliphatic carbocycles. The number of nitrogens with one attached hydrogen (secondary N) is 1. The molecule has 0 radical (unpaired) electrons. The van der Waals surface area contributed by atoms with Crippen LogP contribution < -0.4 is 10.1 Å². The number of imide groups is 1. The number of fused-ring (bicyclic) bond motifs is 1. The summed E-state index contributed by atoms with van der Waals surface area (Å²) in [7, 11) is 0. The average molecular weight is 468 g/mol. The van der Waals surface area contributed by atoms with Crippen molar-refractivity contribution in [1.29, 1.82) is 0 Å². The Kier molecular flexibility index (Phi) is 5.81. The van der Waals surface area contributed by atoms with E-state index < -0.39 is 6.04 Å². The van der Waals surface area contributed by atoms with E-state index in [1.807, 2.05) is 18.2 Å². The third kappa shape index (κ3) is 4.01. The Labute approximate surface area is 199 Å². The second kappa shape index (κ2) is 8.96. The fourth-order valence-electron chi connectivity index (χ4n) is 6.47. The van der Waals surface area contributed by atoms with Gasteiger partial charge in [-0.05, 0) is 67.7 Å². The number of nitrogens with zero attached hydrogens (tertiary/aromatic N) is 2. The van der Waals surface area contributed by atoms with Crippen LogP contribution in [0, 0.1) is 11.8 Å². The Balaban J connectivity index is 1.11. The lowest BCUT2D eigenvalue weighted by Crippen LogP contribution is -2.59. The van der Waals surface area contributed by atoms with Crippen LogP contribution in [0.25, 0.3) is 0 Å². The number of amides is 3. The van der Waals surface area contributed by atoms with E-state index in [2.05, 4.69) is 10.2 Å². The van der Waals surface area contributed by atoms with Crippen LogP contribution >= 0.6 is 0 Å². The molecule has 1 saturated carbocycles. The summed E-state index contributed by atoms with van der Waals surface area (Å²) in [6, 6.07) is 5.55. The Morgan fingerprint density at radius 2 is 1.85 bits per heavy atom. The standard InChI is InChI=1S/C26H33N3O5/c30-24-8-7-22(25(31)27-24)29-14-17-11-19(5-6-20(17)26(29)32)34-23-4-2-1-3-21(23)28-12-18(13-28)16-9-10-33-15-16/h5-6,11,16,18,21-23H,1-4,7-10,12-15H2,(H,27,30,31)/t16?,21-,22?,23+/m1/s1. The third-order valence-corrected chi connectivity index (χ3v) is 8.49. The van der Waals surface area contributed by atoms with Crippen LogP contribution in [0.3, 0.4) is 0 Å². The number of hydrogen-bond acceptors (Lipinski definition) is 6. The van der Waals surface area contributed by atoms with Crippen LogP contribution in [0.2, 0.25) is 0 Å². The maximum Gasteiger partial charge on any atom is 0.255 e. The fourth-order valence-corrected chi connectivity index (χ4v) is 6.47. The molecule has 4 fully saturated rings. The second-order valence-corrected chi connectivity index (χ2v) is 10.6. The second-order valence-electron chi connectivity index (χ2n) is 10.6. The van der Waals surface area contributed by atoms with Gasteiger partial charge in [0.05, 0.1) is 0 Å². The molecule has 1 N–H and O–H groups in total. The first-order valence-corrected chi connectivity index (χ1v) is 12.8. The highest BCUT2D eigenvalue weighted by Crippen LogP contribution is 2.37. The molecule has 0 bridgehead atoms. The molecule has 5 aliphatic rings. The molecule has 2 unspecified atom stereocenters. The van der Waals surface area contributed by atoms with Gasteiger partial charge in [-0.1, -0.05) is 6.42 Å². The first kappa shape index (κ1) is 22.0. The molecule has 1 aromatic rings. The van der Waals surface area contributed by atoms with Gasteiger partial charge in [0.25, 0.3) is 5.91 Å². The molecule has 8 nitrogen and oxygen atoms in total. The van der Waals surface area contributed by atoms with Crippen molar-refractivity contribution in [3.8, 4) is 5.75 Å². The molecule has 182 valence electrons. The van der Waals surface area contributed by atoms with Crippen molar-refractivity contribution < 1.29 is 23.9 Å².